The summed E-state index contributed by atoms with van der Waals surface area (Å²) >= 11 is 2.37. The van der Waals surface area contributed by atoms with Gasteiger partial charge in [0.05, 0.1) is 0 Å². The van der Waals surface area contributed by atoms with Crippen LogP contribution in [0.15, 0.2) is 9.66 Å². The van der Waals surface area contributed by atoms with Gasteiger partial charge < -0.3 is 5.11 Å². The van der Waals surface area contributed by atoms with E-state index in [1.165, 1.54) is 35.7 Å². The van der Waals surface area contributed by atoms with Crippen molar-refractivity contribution in [1.82, 2.24) is 0 Å². The fourth-order valence-electron chi connectivity index (χ4n) is 1.04. The van der Waals surface area contributed by atoms with E-state index in [0.29, 0.717) is 0 Å². The Labute approximate surface area is 89.4 Å². The van der Waals surface area contributed by atoms with Gasteiger partial charge in [-0.15, -0.1) is 0 Å². The van der Waals surface area contributed by atoms with Gasteiger partial charge in [0.15, 0.2) is 0 Å². The van der Waals surface area contributed by atoms with E-state index in [-0.39, 0.29) is 6.61 Å². The molecule has 0 unspecified atom stereocenters. The maximum Gasteiger partial charge on any atom is 0.0465 e. The molecular formula is C10H19IO. The zero-order valence-electron chi connectivity index (χ0n) is 7.85. The standard InChI is InChI=1S/C10H19IO/c1-2-3-4-5-7-10(11)8-6-9-12/h8,12H,2-7,9H2,1H3/b10-8-. The van der Waals surface area contributed by atoms with Crippen LogP contribution in [0.25, 0.3) is 0 Å². The van der Waals surface area contributed by atoms with Crippen LogP contribution < -0.4 is 0 Å². The number of rotatable bonds is 7. The highest BCUT2D eigenvalue weighted by molar-refractivity contribution is 14.1. The van der Waals surface area contributed by atoms with Crippen molar-refractivity contribution in [2.24, 2.45) is 0 Å². The lowest BCUT2D eigenvalue weighted by atomic mass is 10.1. The van der Waals surface area contributed by atoms with E-state index < -0.39 is 0 Å². The molecule has 0 saturated carbocycles. The van der Waals surface area contributed by atoms with Crippen LogP contribution >= 0.6 is 22.6 Å². The SMILES string of the molecule is CCCCCC/C(I)=C/CCO. The molecule has 0 aliphatic heterocycles. The average molecular weight is 282 g/mol. The number of halogens is 1. The molecule has 0 aromatic carbocycles. The Morgan fingerprint density at radius 3 is 2.67 bits per heavy atom. The minimum atomic E-state index is 0.279. The first-order valence-corrected chi connectivity index (χ1v) is 5.84. The second-order valence-electron chi connectivity index (χ2n) is 2.97. The van der Waals surface area contributed by atoms with Gasteiger partial charge in [-0.25, -0.2) is 0 Å². The van der Waals surface area contributed by atoms with Crippen LogP contribution in [-0.4, -0.2) is 11.7 Å². The molecule has 0 rings (SSSR count). The van der Waals surface area contributed by atoms with Crippen molar-refractivity contribution in [2.45, 2.75) is 45.4 Å². The number of unbranched alkanes of at least 4 members (excludes halogenated alkanes) is 3. The van der Waals surface area contributed by atoms with Crippen LogP contribution in [-0.2, 0) is 0 Å². The zero-order chi connectivity index (χ0) is 9.23. The Balaban J connectivity index is 3.24. The first-order valence-electron chi connectivity index (χ1n) is 4.76. The number of hydrogen-bond donors (Lipinski definition) is 1. The number of hydrogen-bond acceptors (Lipinski definition) is 1. The Morgan fingerprint density at radius 2 is 2.08 bits per heavy atom. The molecule has 0 heterocycles. The van der Waals surface area contributed by atoms with Gasteiger partial charge >= 0.3 is 0 Å². The second-order valence-corrected chi connectivity index (χ2v) is 4.36. The first-order chi connectivity index (χ1) is 5.81. The normalized spacial score (nSPS) is 12.1. The van der Waals surface area contributed by atoms with Gasteiger partial charge in [0.2, 0.25) is 0 Å². The van der Waals surface area contributed by atoms with Crippen molar-refractivity contribution in [1.29, 1.82) is 0 Å². The van der Waals surface area contributed by atoms with Crippen molar-refractivity contribution < 1.29 is 5.11 Å². The Kier molecular flexibility index (Phi) is 9.86. The van der Waals surface area contributed by atoms with Crippen molar-refractivity contribution in [3.05, 3.63) is 9.66 Å². The lowest BCUT2D eigenvalue weighted by Crippen LogP contribution is -1.80. The van der Waals surface area contributed by atoms with Crippen LogP contribution in [0.1, 0.15) is 45.4 Å². The summed E-state index contributed by atoms with van der Waals surface area (Å²) in [6.07, 6.45) is 9.43. The molecule has 2 heteroatoms. The maximum absolute atomic E-state index is 8.58. The average Bonchev–Trinajstić information content (AvgIpc) is 2.09. The molecule has 0 aliphatic carbocycles. The zero-order valence-corrected chi connectivity index (χ0v) is 10.0. The molecule has 1 nitrogen and oxygen atoms in total. The topological polar surface area (TPSA) is 20.2 Å². The van der Waals surface area contributed by atoms with Gasteiger partial charge in [-0.3, -0.25) is 0 Å². The second kappa shape index (κ2) is 9.52. The smallest absolute Gasteiger partial charge is 0.0465 e. The van der Waals surface area contributed by atoms with Gasteiger partial charge in [0, 0.05) is 6.61 Å². The summed E-state index contributed by atoms with van der Waals surface area (Å²) in [6, 6.07) is 0. The summed E-state index contributed by atoms with van der Waals surface area (Å²) in [5, 5.41) is 8.58. The molecule has 72 valence electrons. The summed E-state index contributed by atoms with van der Waals surface area (Å²) in [7, 11) is 0. The van der Waals surface area contributed by atoms with E-state index in [4.69, 9.17) is 5.11 Å². The highest BCUT2D eigenvalue weighted by Crippen LogP contribution is 2.16. The lowest BCUT2D eigenvalue weighted by Gasteiger charge is -1.98. The van der Waals surface area contributed by atoms with Gasteiger partial charge in [-0.1, -0.05) is 32.3 Å². The summed E-state index contributed by atoms with van der Waals surface area (Å²) in [6.45, 7) is 2.51. The molecule has 0 aromatic heterocycles. The van der Waals surface area contributed by atoms with Gasteiger partial charge in [0.25, 0.3) is 0 Å². The predicted octanol–water partition coefficient (Wildman–Crippen LogP) is 3.66. The molecule has 0 amide bonds. The molecule has 0 saturated heterocycles. The minimum Gasteiger partial charge on any atom is -0.396 e. The summed E-state index contributed by atoms with van der Waals surface area (Å²) in [4.78, 5) is 0. The highest BCUT2D eigenvalue weighted by Gasteiger charge is 1.91. The molecule has 12 heavy (non-hydrogen) atoms. The highest BCUT2D eigenvalue weighted by atomic mass is 127. The van der Waals surface area contributed by atoms with Crippen LogP contribution in [0.2, 0.25) is 0 Å². The molecule has 1 N–H and O–H groups in total. The summed E-state index contributed by atoms with van der Waals surface area (Å²) in [5.41, 5.74) is 0. The fourth-order valence-corrected chi connectivity index (χ4v) is 1.74. The van der Waals surface area contributed by atoms with E-state index in [0.717, 1.165) is 6.42 Å². The third-order valence-electron chi connectivity index (χ3n) is 1.76. The summed E-state index contributed by atoms with van der Waals surface area (Å²) in [5.74, 6) is 0. The molecule has 0 aliphatic rings. The minimum absolute atomic E-state index is 0.279. The summed E-state index contributed by atoms with van der Waals surface area (Å²) < 4.78 is 1.40. The van der Waals surface area contributed by atoms with E-state index in [1.54, 1.807) is 0 Å². The van der Waals surface area contributed by atoms with Crippen molar-refractivity contribution in [3.63, 3.8) is 0 Å². The van der Waals surface area contributed by atoms with Gasteiger partial charge in [0.1, 0.15) is 0 Å². The third kappa shape index (κ3) is 8.53. The van der Waals surface area contributed by atoms with E-state index in [2.05, 4.69) is 35.6 Å². The van der Waals surface area contributed by atoms with E-state index in [9.17, 15) is 0 Å². The van der Waals surface area contributed by atoms with Crippen molar-refractivity contribution in [2.75, 3.05) is 6.61 Å². The molecule has 0 bridgehead atoms. The molecule has 0 radical (unpaired) electrons. The van der Waals surface area contributed by atoms with E-state index in [1.807, 2.05) is 0 Å². The number of aliphatic hydroxyl groups excluding tert-OH is 1. The predicted molar refractivity (Wildman–Crippen MR) is 62.6 cm³/mol. The van der Waals surface area contributed by atoms with E-state index >= 15 is 0 Å². The third-order valence-corrected chi connectivity index (χ3v) is 2.74. The van der Waals surface area contributed by atoms with Crippen LogP contribution in [0.5, 0.6) is 0 Å². The molecule has 0 atom stereocenters. The number of allylic oxidation sites excluding steroid dienone is 1. The molecule has 0 aromatic rings. The van der Waals surface area contributed by atoms with Gasteiger partial charge in [-0.05, 0) is 45.4 Å². The lowest BCUT2D eigenvalue weighted by molar-refractivity contribution is 0.302. The van der Waals surface area contributed by atoms with Crippen molar-refractivity contribution >= 4 is 22.6 Å². The van der Waals surface area contributed by atoms with Crippen LogP contribution in [0, 0.1) is 0 Å². The molecular weight excluding hydrogens is 263 g/mol. The number of aliphatic hydroxyl groups is 1. The van der Waals surface area contributed by atoms with Crippen molar-refractivity contribution in [3.8, 4) is 0 Å². The van der Waals surface area contributed by atoms with Crippen LogP contribution in [0.4, 0.5) is 0 Å². The monoisotopic (exact) mass is 282 g/mol. The van der Waals surface area contributed by atoms with Crippen LogP contribution in [0.3, 0.4) is 0 Å². The Morgan fingerprint density at radius 1 is 1.33 bits per heavy atom. The first kappa shape index (κ1) is 12.4. The maximum atomic E-state index is 8.58. The Bertz CT molecular complexity index is 121. The largest absolute Gasteiger partial charge is 0.396 e. The Hall–Kier alpha value is 0.430. The molecule has 0 spiro atoms. The fraction of sp³-hybridized carbons (Fsp3) is 0.800. The van der Waals surface area contributed by atoms with Gasteiger partial charge in [-0.2, -0.15) is 0 Å². The molecule has 0 fully saturated rings. The quantitative estimate of drug-likeness (QED) is 0.558.